The van der Waals surface area contributed by atoms with Crippen molar-refractivity contribution in [1.29, 1.82) is 0 Å². The lowest BCUT2D eigenvalue weighted by molar-refractivity contribution is 0.0659. The second-order valence-corrected chi connectivity index (χ2v) is 7.83. The number of fused-ring (bicyclic) bond motifs is 1. The first-order valence-corrected chi connectivity index (χ1v) is 9.79. The van der Waals surface area contributed by atoms with Crippen LogP contribution in [-0.2, 0) is 0 Å². The van der Waals surface area contributed by atoms with E-state index in [0.717, 1.165) is 39.0 Å². The fourth-order valence-corrected chi connectivity index (χ4v) is 4.02. The van der Waals surface area contributed by atoms with Gasteiger partial charge in [-0.25, -0.2) is 4.98 Å². The minimum absolute atomic E-state index is 0.0832. The molecule has 27 heavy (non-hydrogen) atoms. The zero-order valence-electron chi connectivity index (χ0n) is 16.1. The highest BCUT2D eigenvalue weighted by Gasteiger charge is 2.30. The average molecular weight is 369 g/mol. The maximum Gasteiger partial charge on any atom is 0.290 e. The maximum absolute atomic E-state index is 13.1. The molecule has 4 rings (SSSR count). The number of hydrogen-bond acceptors (Lipinski definition) is 4. The van der Waals surface area contributed by atoms with Crippen LogP contribution < -0.4 is 0 Å². The molecule has 7 heteroatoms. The Morgan fingerprint density at radius 3 is 2.56 bits per heavy atom. The van der Waals surface area contributed by atoms with Crippen molar-refractivity contribution in [2.75, 3.05) is 46.3 Å². The summed E-state index contributed by atoms with van der Waals surface area (Å²) in [6.07, 6.45) is 3.99. The van der Waals surface area contributed by atoms with Gasteiger partial charge in [-0.15, -0.1) is 0 Å². The molecule has 2 saturated heterocycles. The van der Waals surface area contributed by atoms with Crippen LogP contribution in [0.2, 0.25) is 0 Å². The normalized spacial score (nSPS) is 21.6. The van der Waals surface area contributed by atoms with Crippen molar-refractivity contribution in [1.82, 2.24) is 24.1 Å². The van der Waals surface area contributed by atoms with Crippen molar-refractivity contribution in [3.05, 3.63) is 35.9 Å². The van der Waals surface area contributed by atoms with Gasteiger partial charge in [-0.1, -0.05) is 13.0 Å². The molecule has 0 aliphatic carbocycles. The molecule has 2 amide bonds. The monoisotopic (exact) mass is 369 g/mol. The minimum atomic E-state index is -0.0853. The lowest BCUT2D eigenvalue weighted by atomic mass is 10.0. The van der Waals surface area contributed by atoms with E-state index in [1.807, 2.05) is 34.2 Å². The van der Waals surface area contributed by atoms with Gasteiger partial charge in [0.15, 0.2) is 5.69 Å². The van der Waals surface area contributed by atoms with Crippen LogP contribution in [0.15, 0.2) is 24.4 Å². The van der Waals surface area contributed by atoms with Gasteiger partial charge in [-0.05, 0) is 37.9 Å². The van der Waals surface area contributed by atoms with Gasteiger partial charge in [-0.3, -0.25) is 14.0 Å². The quantitative estimate of drug-likeness (QED) is 0.807. The molecule has 0 N–H and O–H groups in total. The van der Waals surface area contributed by atoms with E-state index in [9.17, 15) is 9.59 Å². The fourth-order valence-electron chi connectivity index (χ4n) is 4.02. The van der Waals surface area contributed by atoms with Crippen molar-refractivity contribution in [3.63, 3.8) is 0 Å². The lowest BCUT2D eigenvalue weighted by Gasteiger charge is -2.32. The van der Waals surface area contributed by atoms with Gasteiger partial charge >= 0.3 is 0 Å². The van der Waals surface area contributed by atoms with Gasteiger partial charge in [0.1, 0.15) is 0 Å². The maximum atomic E-state index is 13.1. The summed E-state index contributed by atoms with van der Waals surface area (Å²) in [4.78, 5) is 36.7. The third-order valence-corrected chi connectivity index (χ3v) is 5.68. The summed E-state index contributed by atoms with van der Waals surface area (Å²) in [7, 11) is 2.06. The van der Waals surface area contributed by atoms with E-state index in [0.29, 0.717) is 36.0 Å². The third kappa shape index (κ3) is 3.43. The van der Waals surface area contributed by atoms with Crippen LogP contribution in [0, 0.1) is 5.92 Å². The Morgan fingerprint density at radius 2 is 1.81 bits per heavy atom. The third-order valence-electron chi connectivity index (χ3n) is 5.68. The summed E-state index contributed by atoms with van der Waals surface area (Å²) in [6, 6.07) is 5.62. The highest BCUT2D eigenvalue weighted by molar-refractivity contribution is 6.02. The summed E-state index contributed by atoms with van der Waals surface area (Å²) in [5, 5.41) is 0. The number of aromatic nitrogens is 2. The summed E-state index contributed by atoms with van der Waals surface area (Å²) in [5.41, 5.74) is 1.09. The molecule has 2 aliphatic rings. The van der Waals surface area contributed by atoms with Gasteiger partial charge in [0.05, 0.1) is 5.52 Å². The highest BCUT2D eigenvalue weighted by Crippen LogP contribution is 2.21. The van der Waals surface area contributed by atoms with E-state index < -0.39 is 0 Å². The predicted molar refractivity (Wildman–Crippen MR) is 103 cm³/mol. The standard InChI is InChI=1S/C20H27N5O2/c1-15-6-5-8-24(14-15)20(27)18-21-17(16-7-3-4-9-25(16)18)19(26)23-12-10-22(2)11-13-23/h3-4,7,9,15H,5-6,8,10-14H2,1-2H3. The zero-order valence-corrected chi connectivity index (χ0v) is 16.1. The van der Waals surface area contributed by atoms with Crippen LogP contribution in [-0.4, -0.2) is 82.2 Å². The van der Waals surface area contributed by atoms with Gasteiger partial charge in [0.25, 0.3) is 11.8 Å². The van der Waals surface area contributed by atoms with Gasteiger partial charge in [-0.2, -0.15) is 0 Å². The van der Waals surface area contributed by atoms with Crippen molar-refractivity contribution in [2.24, 2.45) is 5.92 Å². The number of nitrogens with zero attached hydrogens (tertiary/aromatic N) is 5. The Kier molecular flexibility index (Phi) is 4.86. The van der Waals surface area contributed by atoms with E-state index in [-0.39, 0.29) is 11.8 Å². The van der Waals surface area contributed by atoms with E-state index in [2.05, 4.69) is 23.9 Å². The molecule has 0 saturated carbocycles. The van der Waals surface area contributed by atoms with Crippen molar-refractivity contribution >= 4 is 17.3 Å². The topological polar surface area (TPSA) is 61.2 Å². The molecule has 2 fully saturated rings. The molecule has 2 aliphatic heterocycles. The van der Waals surface area contributed by atoms with Crippen LogP contribution >= 0.6 is 0 Å². The molecule has 0 spiro atoms. The van der Waals surface area contributed by atoms with E-state index >= 15 is 0 Å². The molecule has 2 aromatic heterocycles. The second kappa shape index (κ2) is 7.31. The summed E-state index contributed by atoms with van der Waals surface area (Å²) >= 11 is 0. The number of likely N-dealkylation sites (N-methyl/N-ethyl adjacent to an activating group) is 1. The Labute approximate surface area is 159 Å². The highest BCUT2D eigenvalue weighted by atomic mass is 16.2. The molecule has 144 valence electrons. The lowest BCUT2D eigenvalue weighted by Crippen LogP contribution is -2.47. The number of rotatable bonds is 2. The van der Waals surface area contributed by atoms with Gasteiger partial charge in [0.2, 0.25) is 5.82 Å². The number of hydrogen-bond donors (Lipinski definition) is 0. The number of carbonyl (C=O) groups is 2. The zero-order chi connectivity index (χ0) is 19.0. The first-order chi connectivity index (χ1) is 13.0. The van der Waals surface area contributed by atoms with E-state index in [1.165, 1.54) is 0 Å². The van der Waals surface area contributed by atoms with Crippen LogP contribution in [0.5, 0.6) is 0 Å². The van der Waals surface area contributed by atoms with Crippen molar-refractivity contribution < 1.29 is 9.59 Å². The van der Waals surface area contributed by atoms with Crippen molar-refractivity contribution in [2.45, 2.75) is 19.8 Å². The first kappa shape index (κ1) is 18.0. The molecule has 0 aromatic carbocycles. The van der Waals surface area contributed by atoms with Crippen LogP contribution in [0.1, 0.15) is 40.9 Å². The SMILES string of the molecule is CC1CCCN(C(=O)c2nc(C(=O)N3CCN(C)CC3)c3ccccn23)C1. The minimum Gasteiger partial charge on any atom is -0.336 e. The largest absolute Gasteiger partial charge is 0.336 e. The average Bonchev–Trinajstić information content (AvgIpc) is 3.07. The summed E-state index contributed by atoms with van der Waals surface area (Å²) in [6.45, 7) is 6.77. The Bertz CT molecular complexity index is 853. The number of pyridine rings is 1. The molecular weight excluding hydrogens is 342 g/mol. The van der Waals surface area contributed by atoms with Gasteiger partial charge < -0.3 is 14.7 Å². The summed E-state index contributed by atoms with van der Waals surface area (Å²) < 4.78 is 1.77. The van der Waals surface area contributed by atoms with Crippen LogP contribution in [0.4, 0.5) is 0 Å². The van der Waals surface area contributed by atoms with Crippen LogP contribution in [0.3, 0.4) is 0 Å². The summed E-state index contributed by atoms with van der Waals surface area (Å²) in [5.74, 6) is 0.676. The number of piperazine rings is 1. The molecule has 2 aromatic rings. The number of amides is 2. The van der Waals surface area contributed by atoms with E-state index in [1.54, 1.807) is 4.40 Å². The molecule has 7 nitrogen and oxygen atoms in total. The smallest absolute Gasteiger partial charge is 0.290 e. The van der Waals surface area contributed by atoms with Crippen LogP contribution in [0.25, 0.3) is 5.52 Å². The molecule has 1 unspecified atom stereocenters. The Hall–Kier alpha value is -2.41. The number of piperidine rings is 1. The van der Waals surface area contributed by atoms with Crippen molar-refractivity contribution in [3.8, 4) is 0 Å². The molecule has 1 atom stereocenters. The van der Waals surface area contributed by atoms with E-state index in [4.69, 9.17) is 0 Å². The Morgan fingerprint density at radius 1 is 1.04 bits per heavy atom. The molecule has 0 radical (unpaired) electrons. The van der Waals surface area contributed by atoms with Gasteiger partial charge in [0, 0.05) is 45.5 Å². The fraction of sp³-hybridized carbons (Fsp3) is 0.550. The Balaban J connectivity index is 1.67. The predicted octanol–water partition coefficient (Wildman–Crippen LogP) is 1.59. The second-order valence-electron chi connectivity index (χ2n) is 7.83. The molecular formula is C20H27N5O2. The number of likely N-dealkylation sites (tertiary alicyclic amines) is 1. The first-order valence-electron chi connectivity index (χ1n) is 9.79. The number of imidazole rings is 1. The molecule has 4 heterocycles. The molecule has 0 bridgehead atoms. The number of carbonyl (C=O) groups excluding carboxylic acids is 2.